The fourth-order valence-electron chi connectivity index (χ4n) is 3.52. The van der Waals surface area contributed by atoms with Gasteiger partial charge in [0.25, 0.3) is 0 Å². The Balaban J connectivity index is 1.43. The van der Waals surface area contributed by atoms with Gasteiger partial charge in [-0.05, 0) is 35.9 Å². The van der Waals surface area contributed by atoms with E-state index in [4.69, 9.17) is 0 Å². The molecule has 7 nitrogen and oxygen atoms in total. The van der Waals surface area contributed by atoms with Crippen molar-refractivity contribution in [3.8, 4) is 0 Å². The third-order valence-electron chi connectivity index (χ3n) is 5.35. The molecule has 0 aliphatic carbocycles. The Bertz CT molecular complexity index is 1270. The number of rotatable bonds is 4. The number of hydrogen-bond acceptors (Lipinski definition) is 5. The molecule has 0 saturated carbocycles. The van der Waals surface area contributed by atoms with Crippen LogP contribution in [-0.2, 0) is 25.3 Å². The van der Waals surface area contributed by atoms with Gasteiger partial charge in [-0.3, -0.25) is 0 Å². The lowest BCUT2D eigenvalue weighted by atomic mass is 10.1. The van der Waals surface area contributed by atoms with Gasteiger partial charge in [0.2, 0.25) is 0 Å². The number of carbonyl (C=O) groups is 1. The lowest BCUT2D eigenvalue weighted by Gasteiger charge is -2.28. The van der Waals surface area contributed by atoms with E-state index in [1.54, 1.807) is 0 Å². The molecule has 36 heavy (non-hydrogen) atoms. The molecular formula is C23H18F6N6O. The highest BCUT2D eigenvalue weighted by Crippen LogP contribution is 2.32. The van der Waals surface area contributed by atoms with Crippen molar-refractivity contribution in [3.63, 3.8) is 0 Å². The molecule has 0 radical (unpaired) electrons. The quantitative estimate of drug-likeness (QED) is 0.283. The first-order valence-corrected chi connectivity index (χ1v) is 10.5. The van der Waals surface area contributed by atoms with Crippen molar-refractivity contribution in [2.75, 3.05) is 11.9 Å². The number of anilines is 2. The number of nitrogens with zero attached hydrogens (tertiary/aromatic N) is 4. The van der Waals surface area contributed by atoms with E-state index >= 15 is 0 Å². The van der Waals surface area contributed by atoms with Gasteiger partial charge in [0, 0.05) is 24.2 Å². The van der Waals surface area contributed by atoms with Crippen LogP contribution in [0.3, 0.4) is 0 Å². The molecule has 2 heterocycles. The van der Waals surface area contributed by atoms with Crippen LogP contribution in [0.25, 0.3) is 0 Å². The van der Waals surface area contributed by atoms with Crippen molar-refractivity contribution in [3.05, 3.63) is 82.8 Å². The molecule has 13 heteroatoms. The molecule has 0 atom stereocenters. The standard InChI is InChI=1S/C23H18F6N6O/c24-22(25,26)15-6-4-14(5-7-15)11-32-34-21(36)35-9-8-19-18(12-35)20(31-13-30-19)33-17-3-1-2-16(10-17)23(27,28)29/h1-7,10-11,13H,8-9,12H2,(H,34,36)(H,30,31,33)/b32-11+. The van der Waals surface area contributed by atoms with E-state index in [9.17, 15) is 31.1 Å². The molecule has 3 aromatic rings. The van der Waals surface area contributed by atoms with Gasteiger partial charge in [0.1, 0.15) is 12.1 Å². The molecule has 188 valence electrons. The fraction of sp³-hybridized carbons (Fsp3) is 0.217. The Morgan fingerprint density at radius 1 is 0.972 bits per heavy atom. The molecule has 0 saturated heterocycles. The Labute approximate surface area is 200 Å². The summed E-state index contributed by atoms with van der Waals surface area (Å²) in [6.07, 6.45) is -6.07. The summed E-state index contributed by atoms with van der Waals surface area (Å²) in [7, 11) is 0. The van der Waals surface area contributed by atoms with Crippen LogP contribution in [0.2, 0.25) is 0 Å². The number of hydrazone groups is 1. The summed E-state index contributed by atoms with van der Waals surface area (Å²) in [5, 5.41) is 6.65. The lowest BCUT2D eigenvalue weighted by Crippen LogP contribution is -2.41. The van der Waals surface area contributed by atoms with Crippen LogP contribution in [0.1, 0.15) is 27.9 Å². The van der Waals surface area contributed by atoms with Crippen LogP contribution in [-0.4, -0.2) is 33.7 Å². The Kier molecular flexibility index (Phi) is 6.82. The van der Waals surface area contributed by atoms with E-state index in [1.807, 2.05) is 0 Å². The van der Waals surface area contributed by atoms with Crippen LogP contribution in [0.5, 0.6) is 0 Å². The molecule has 2 amide bonds. The number of benzene rings is 2. The van der Waals surface area contributed by atoms with E-state index in [0.29, 0.717) is 29.8 Å². The van der Waals surface area contributed by atoms with Crippen LogP contribution in [0.15, 0.2) is 60.0 Å². The lowest BCUT2D eigenvalue weighted by molar-refractivity contribution is -0.138. The summed E-state index contributed by atoms with van der Waals surface area (Å²) >= 11 is 0. The minimum atomic E-state index is -4.50. The molecule has 1 aromatic heterocycles. The predicted molar refractivity (Wildman–Crippen MR) is 118 cm³/mol. The second-order valence-corrected chi connectivity index (χ2v) is 7.82. The van der Waals surface area contributed by atoms with E-state index < -0.39 is 29.5 Å². The van der Waals surface area contributed by atoms with Gasteiger partial charge >= 0.3 is 18.4 Å². The van der Waals surface area contributed by atoms with Crippen molar-refractivity contribution in [1.82, 2.24) is 20.3 Å². The van der Waals surface area contributed by atoms with Crippen LogP contribution >= 0.6 is 0 Å². The number of nitrogens with one attached hydrogen (secondary N) is 2. The Morgan fingerprint density at radius 3 is 2.39 bits per heavy atom. The second kappa shape index (κ2) is 9.84. The van der Waals surface area contributed by atoms with E-state index in [-0.39, 0.29) is 18.1 Å². The number of amides is 2. The minimum Gasteiger partial charge on any atom is -0.340 e. The van der Waals surface area contributed by atoms with Crippen molar-refractivity contribution in [1.29, 1.82) is 0 Å². The molecule has 2 N–H and O–H groups in total. The Morgan fingerprint density at radius 2 is 1.69 bits per heavy atom. The SMILES string of the molecule is O=C(N/N=C/c1ccc(C(F)(F)F)cc1)N1CCc2ncnc(Nc3cccc(C(F)(F)F)c3)c2C1. The summed E-state index contributed by atoms with van der Waals surface area (Å²) < 4.78 is 77.1. The first kappa shape index (κ1) is 24.9. The van der Waals surface area contributed by atoms with Crippen molar-refractivity contribution in [2.45, 2.75) is 25.3 Å². The van der Waals surface area contributed by atoms with Gasteiger partial charge in [0.15, 0.2) is 0 Å². The molecule has 1 aliphatic heterocycles. The van der Waals surface area contributed by atoms with Gasteiger partial charge in [-0.15, -0.1) is 0 Å². The van der Waals surface area contributed by atoms with Crippen LogP contribution in [0, 0.1) is 0 Å². The minimum absolute atomic E-state index is 0.0686. The van der Waals surface area contributed by atoms with Crippen LogP contribution in [0.4, 0.5) is 42.6 Å². The zero-order chi connectivity index (χ0) is 25.9. The number of carbonyl (C=O) groups excluding carboxylic acids is 1. The van der Waals surface area contributed by atoms with Gasteiger partial charge in [-0.25, -0.2) is 20.2 Å². The Hall–Kier alpha value is -4.16. The second-order valence-electron chi connectivity index (χ2n) is 7.82. The monoisotopic (exact) mass is 508 g/mol. The molecular weight excluding hydrogens is 490 g/mol. The molecule has 2 aromatic carbocycles. The fourth-order valence-corrected chi connectivity index (χ4v) is 3.52. The molecule has 0 unspecified atom stereocenters. The smallest absolute Gasteiger partial charge is 0.340 e. The van der Waals surface area contributed by atoms with E-state index in [2.05, 4.69) is 25.8 Å². The zero-order valence-corrected chi connectivity index (χ0v) is 18.4. The van der Waals surface area contributed by atoms with Gasteiger partial charge in [0.05, 0.1) is 29.6 Å². The molecule has 4 rings (SSSR count). The molecule has 0 bridgehead atoms. The van der Waals surface area contributed by atoms with E-state index in [1.165, 1.54) is 41.7 Å². The van der Waals surface area contributed by atoms with Crippen molar-refractivity contribution < 1.29 is 31.1 Å². The van der Waals surface area contributed by atoms with Crippen molar-refractivity contribution >= 4 is 23.8 Å². The summed E-state index contributed by atoms with van der Waals surface area (Å²) in [6, 6.07) is 8.33. The topological polar surface area (TPSA) is 82.5 Å². The average Bonchev–Trinajstić information content (AvgIpc) is 2.83. The first-order valence-electron chi connectivity index (χ1n) is 10.5. The maximum Gasteiger partial charge on any atom is 0.416 e. The largest absolute Gasteiger partial charge is 0.416 e. The third-order valence-corrected chi connectivity index (χ3v) is 5.35. The third kappa shape index (κ3) is 5.90. The molecule has 1 aliphatic rings. The first-order chi connectivity index (χ1) is 17.0. The van der Waals surface area contributed by atoms with Crippen molar-refractivity contribution in [2.24, 2.45) is 5.10 Å². The summed E-state index contributed by atoms with van der Waals surface area (Å²) in [6.45, 7) is 0.369. The molecule has 0 spiro atoms. The van der Waals surface area contributed by atoms with Gasteiger partial charge in [-0.1, -0.05) is 18.2 Å². The maximum absolute atomic E-state index is 13.0. The number of fused-ring (bicyclic) bond motifs is 1. The highest BCUT2D eigenvalue weighted by molar-refractivity contribution is 5.82. The number of halogens is 6. The number of hydrogen-bond donors (Lipinski definition) is 2. The highest BCUT2D eigenvalue weighted by Gasteiger charge is 2.31. The number of urea groups is 1. The maximum atomic E-state index is 13.0. The highest BCUT2D eigenvalue weighted by atomic mass is 19.4. The zero-order valence-electron chi connectivity index (χ0n) is 18.4. The van der Waals surface area contributed by atoms with Gasteiger partial charge < -0.3 is 10.2 Å². The molecule has 0 fully saturated rings. The summed E-state index contributed by atoms with van der Waals surface area (Å²) in [4.78, 5) is 22.3. The summed E-state index contributed by atoms with van der Waals surface area (Å²) in [5.74, 6) is 0.269. The number of alkyl halides is 6. The normalized spacial score (nSPS) is 14.0. The number of aromatic nitrogens is 2. The van der Waals surface area contributed by atoms with E-state index in [0.717, 1.165) is 24.3 Å². The van der Waals surface area contributed by atoms with Crippen LogP contribution < -0.4 is 10.7 Å². The van der Waals surface area contributed by atoms with Gasteiger partial charge in [-0.2, -0.15) is 31.4 Å². The predicted octanol–water partition coefficient (Wildman–Crippen LogP) is 5.36. The summed E-state index contributed by atoms with van der Waals surface area (Å²) in [5.41, 5.74) is 2.43. The average molecular weight is 508 g/mol.